The third kappa shape index (κ3) is 5.69. The zero-order valence-corrected chi connectivity index (χ0v) is 18.8. The summed E-state index contributed by atoms with van der Waals surface area (Å²) in [6.07, 6.45) is 0. The van der Waals surface area contributed by atoms with Gasteiger partial charge in [0.2, 0.25) is 0 Å². The standard InChI is InChI=1S/C27H25N3O4/c1-33-22-11-7-10-21(18-22)24-14-15-27(32)30(29-24)17-16-28-26(31)19-34-25-13-6-5-12-23(25)20-8-3-2-4-9-20/h2-15,18H,16-17,19H2,1H3,(H,28,31). The number of amides is 1. The van der Waals surface area contributed by atoms with Crippen LogP contribution in [0, 0.1) is 0 Å². The normalized spacial score (nSPS) is 10.5. The lowest BCUT2D eigenvalue weighted by atomic mass is 10.1. The van der Waals surface area contributed by atoms with Crippen molar-refractivity contribution in [3.8, 4) is 33.9 Å². The number of hydrogen-bond donors (Lipinski definition) is 1. The van der Waals surface area contributed by atoms with Gasteiger partial charge >= 0.3 is 0 Å². The summed E-state index contributed by atoms with van der Waals surface area (Å²) >= 11 is 0. The summed E-state index contributed by atoms with van der Waals surface area (Å²) in [4.78, 5) is 24.6. The van der Waals surface area contributed by atoms with Crippen LogP contribution in [0.4, 0.5) is 0 Å². The van der Waals surface area contributed by atoms with Gasteiger partial charge in [-0.3, -0.25) is 9.59 Å². The van der Waals surface area contributed by atoms with Crippen LogP contribution in [0.15, 0.2) is 95.8 Å². The van der Waals surface area contributed by atoms with Gasteiger partial charge < -0.3 is 14.8 Å². The zero-order chi connectivity index (χ0) is 23.8. The highest BCUT2D eigenvalue weighted by molar-refractivity contribution is 5.78. The summed E-state index contributed by atoms with van der Waals surface area (Å²) in [7, 11) is 1.60. The molecule has 172 valence electrons. The van der Waals surface area contributed by atoms with Crippen LogP contribution in [0.1, 0.15) is 0 Å². The number of rotatable bonds is 9. The highest BCUT2D eigenvalue weighted by Crippen LogP contribution is 2.29. The quantitative estimate of drug-likeness (QED) is 0.415. The van der Waals surface area contributed by atoms with Crippen molar-refractivity contribution in [1.29, 1.82) is 0 Å². The van der Waals surface area contributed by atoms with E-state index in [1.807, 2.05) is 78.9 Å². The van der Waals surface area contributed by atoms with E-state index in [0.29, 0.717) is 17.2 Å². The van der Waals surface area contributed by atoms with E-state index in [9.17, 15) is 9.59 Å². The zero-order valence-electron chi connectivity index (χ0n) is 18.8. The lowest BCUT2D eigenvalue weighted by molar-refractivity contribution is -0.123. The number of carbonyl (C=O) groups excluding carboxylic acids is 1. The van der Waals surface area contributed by atoms with Gasteiger partial charge in [0.05, 0.1) is 19.3 Å². The van der Waals surface area contributed by atoms with Crippen molar-refractivity contribution < 1.29 is 14.3 Å². The summed E-state index contributed by atoms with van der Waals surface area (Å²) in [5, 5.41) is 7.20. The molecule has 1 N–H and O–H groups in total. The molecule has 0 fully saturated rings. The number of methoxy groups -OCH3 is 1. The molecule has 1 aromatic heterocycles. The van der Waals surface area contributed by atoms with Crippen molar-refractivity contribution in [2.24, 2.45) is 0 Å². The van der Waals surface area contributed by atoms with Crippen LogP contribution in [0.25, 0.3) is 22.4 Å². The number of nitrogens with zero attached hydrogens (tertiary/aromatic N) is 2. The Labute approximate surface area is 197 Å². The van der Waals surface area contributed by atoms with E-state index in [-0.39, 0.29) is 31.2 Å². The van der Waals surface area contributed by atoms with Gasteiger partial charge in [0, 0.05) is 23.7 Å². The van der Waals surface area contributed by atoms with E-state index < -0.39 is 0 Å². The van der Waals surface area contributed by atoms with Crippen molar-refractivity contribution in [1.82, 2.24) is 15.1 Å². The number of para-hydroxylation sites is 1. The fraction of sp³-hybridized carbons (Fsp3) is 0.148. The van der Waals surface area contributed by atoms with Crippen LogP contribution < -0.4 is 20.3 Å². The molecule has 7 nitrogen and oxygen atoms in total. The molecule has 1 heterocycles. The first kappa shape index (κ1) is 22.8. The Bertz CT molecular complexity index is 1320. The molecule has 0 aliphatic heterocycles. The summed E-state index contributed by atoms with van der Waals surface area (Å²) in [6, 6.07) is 28.0. The Balaban J connectivity index is 1.34. The number of benzene rings is 3. The average molecular weight is 456 g/mol. The van der Waals surface area contributed by atoms with Gasteiger partial charge in [-0.1, -0.05) is 60.7 Å². The molecule has 1 amide bonds. The maximum absolute atomic E-state index is 12.3. The van der Waals surface area contributed by atoms with Crippen LogP contribution in [0.3, 0.4) is 0 Å². The molecule has 0 saturated carbocycles. The number of hydrogen-bond acceptors (Lipinski definition) is 5. The van der Waals surface area contributed by atoms with Gasteiger partial charge in [0.1, 0.15) is 11.5 Å². The molecule has 34 heavy (non-hydrogen) atoms. The fourth-order valence-electron chi connectivity index (χ4n) is 3.49. The number of carbonyl (C=O) groups is 1. The third-order valence-electron chi connectivity index (χ3n) is 5.21. The molecule has 0 atom stereocenters. The minimum absolute atomic E-state index is 0.129. The van der Waals surface area contributed by atoms with Gasteiger partial charge in [-0.2, -0.15) is 5.10 Å². The minimum atomic E-state index is -0.278. The van der Waals surface area contributed by atoms with Crippen LogP contribution in [0.2, 0.25) is 0 Å². The summed E-state index contributed by atoms with van der Waals surface area (Å²) in [5.41, 5.74) is 3.17. The molecule has 7 heteroatoms. The molecule has 0 bridgehead atoms. The van der Waals surface area contributed by atoms with Crippen molar-refractivity contribution >= 4 is 5.91 Å². The number of aromatic nitrogens is 2. The van der Waals surface area contributed by atoms with Crippen LogP contribution in [-0.4, -0.2) is 35.9 Å². The molecule has 4 aromatic rings. The largest absolute Gasteiger partial charge is 0.497 e. The smallest absolute Gasteiger partial charge is 0.266 e. The van der Waals surface area contributed by atoms with Gasteiger partial charge in [0.25, 0.3) is 11.5 Å². The van der Waals surface area contributed by atoms with E-state index >= 15 is 0 Å². The fourth-order valence-corrected chi connectivity index (χ4v) is 3.49. The maximum atomic E-state index is 12.3. The molecule has 4 rings (SSSR count). The average Bonchev–Trinajstić information content (AvgIpc) is 2.89. The Hall–Kier alpha value is -4.39. The Kier molecular flexibility index (Phi) is 7.35. The molecular formula is C27H25N3O4. The number of nitrogens with one attached hydrogen (secondary N) is 1. The molecule has 0 aliphatic rings. The third-order valence-corrected chi connectivity index (χ3v) is 5.21. The van der Waals surface area contributed by atoms with Crippen LogP contribution in [-0.2, 0) is 11.3 Å². The monoisotopic (exact) mass is 455 g/mol. The van der Waals surface area contributed by atoms with Crippen molar-refractivity contribution in [3.63, 3.8) is 0 Å². The topological polar surface area (TPSA) is 82.5 Å². The molecule has 3 aromatic carbocycles. The molecular weight excluding hydrogens is 430 g/mol. The Morgan fingerprint density at radius 1 is 0.912 bits per heavy atom. The minimum Gasteiger partial charge on any atom is -0.497 e. The predicted octanol–water partition coefficient (Wildman–Crippen LogP) is 3.78. The van der Waals surface area contributed by atoms with E-state index in [1.54, 1.807) is 13.2 Å². The van der Waals surface area contributed by atoms with E-state index in [2.05, 4.69) is 10.4 Å². The van der Waals surface area contributed by atoms with Gasteiger partial charge in [-0.25, -0.2) is 4.68 Å². The molecule has 0 unspecified atom stereocenters. The van der Waals surface area contributed by atoms with E-state index in [4.69, 9.17) is 9.47 Å². The van der Waals surface area contributed by atoms with E-state index in [1.165, 1.54) is 10.7 Å². The lowest BCUT2D eigenvalue weighted by Crippen LogP contribution is -2.34. The van der Waals surface area contributed by atoms with Crippen LogP contribution in [0.5, 0.6) is 11.5 Å². The van der Waals surface area contributed by atoms with Gasteiger partial charge in [-0.05, 0) is 29.8 Å². The predicted molar refractivity (Wildman–Crippen MR) is 131 cm³/mol. The summed E-state index contributed by atoms with van der Waals surface area (Å²) in [5.74, 6) is 1.06. The first-order valence-electron chi connectivity index (χ1n) is 10.9. The Morgan fingerprint density at radius 3 is 2.50 bits per heavy atom. The van der Waals surface area contributed by atoms with Crippen molar-refractivity contribution in [2.45, 2.75) is 6.54 Å². The Morgan fingerprint density at radius 2 is 1.68 bits per heavy atom. The second-order valence-corrected chi connectivity index (χ2v) is 7.51. The van der Waals surface area contributed by atoms with Gasteiger partial charge in [0.15, 0.2) is 6.61 Å². The summed E-state index contributed by atoms with van der Waals surface area (Å²) in [6.45, 7) is 0.357. The first-order chi connectivity index (χ1) is 16.6. The molecule has 0 radical (unpaired) electrons. The van der Waals surface area contributed by atoms with E-state index in [0.717, 1.165) is 16.7 Å². The molecule has 0 spiro atoms. The second kappa shape index (κ2) is 11.0. The molecule has 0 saturated heterocycles. The highest BCUT2D eigenvalue weighted by Gasteiger charge is 2.09. The van der Waals surface area contributed by atoms with Crippen molar-refractivity contribution in [2.75, 3.05) is 20.3 Å². The van der Waals surface area contributed by atoms with Crippen LogP contribution >= 0.6 is 0 Å². The summed E-state index contributed by atoms with van der Waals surface area (Å²) < 4.78 is 12.4. The first-order valence-corrected chi connectivity index (χ1v) is 10.9. The van der Waals surface area contributed by atoms with Crippen molar-refractivity contribution in [3.05, 3.63) is 101 Å². The van der Waals surface area contributed by atoms with Gasteiger partial charge in [-0.15, -0.1) is 0 Å². The maximum Gasteiger partial charge on any atom is 0.266 e. The highest BCUT2D eigenvalue weighted by atomic mass is 16.5. The second-order valence-electron chi connectivity index (χ2n) is 7.51. The number of ether oxygens (including phenoxy) is 2. The lowest BCUT2D eigenvalue weighted by Gasteiger charge is -2.12. The molecule has 0 aliphatic carbocycles. The SMILES string of the molecule is COc1cccc(-c2ccc(=O)n(CCNC(=O)COc3ccccc3-c3ccccc3)n2)c1.